The first-order valence-corrected chi connectivity index (χ1v) is 6.99. The molecule has 4 amide bonds. The summed E-state index contributed by atoms with van der Waals surface area (Å²) in [7, 11) is 0. The molecule has 1 aliphatic heterocycles. The molecule has 6 heteroatoms. The smallest absolute Gasteiger partial charge is 0.322 e. The fourth-order valence-electron chi connectivity index (χ4n) is 2.19. The highest BCUT2D eigenvalue weighted by atomic mass is 16.2. The van der Waals surface area contributed by atoms with Crippen LogP contribution in [0.5, 0.6) is 0 Å². The van der Waals surface area contributed by atoms with Crippen LogP contribution in [-0.2, 0) is 9.59 Å². The second kappa shape index (κ2) is 6.88. The highest BCUT2D eigenvalue weighted by Gasteiger charge is 2.29. The van der Waals surface area contributed by atoms with Gasteiger partial charge < -0.3 is 10.6 Å². The van der Waals surface area contributed by atoms with E-state index < -0.39 is 12.1 Å². The quantitative estimate of drug-likeness (QED) is 0.680. The van der Waals surface area contributed by atoms with E-state index >= 15 is 0 Å². The fraction of sp³-hybridized carbons (Fsp3) is 0.400. The van der Waals surface area contributed by atoms with Gasteiger partial charge in [-0.05, 0) is 17.9 Å². The van der Waals surface area contributed by atoms with Crippen LogP contribution >= 0.6 is 0 Å². The maximum Gasteiger partial charge on any atom is 0.322 e. The predicted molar refractivity (Wildman–Crippen MR) is 77.6 cm³/mol. The molecule has 2 atom stereocenters. The molecule has 1 fully saturated rings. The van der Waals surface area contributed by atoms with Crippen molar-refractivity contribution in [3.63, 3.8) is 0 Å². The fourth-order valence-corrected chi connectivity index (χ4v) is 2.19. The van der Waals surface area contributed by atoms with E-state index in [2.05, 4.69) is 16.0 Å². The molecule has 0 aromatic heterocycles. The van der Waals surface area contributed by atoms with Crippen molar-refractivity contribution in [3.8, 4) is 0 Å². The topological polar surface area (TPSA) is 87.3 Å². The minimum absolute atomic E-state index is 0.119. The van der Waals surface area contributed by atoms with E-state index in [1.807, 2.05) is 37.3 Å². The van der Waals surface area contributed by atoms with Crippen molar-refractivity contribution in [1.82, 2.24) is 16.0 Å². The Morgan fingerprint density at radius 2 is 2.00 bits per heavy atom. The normalized spacial score (nSPS) is 18.8. The monoisotopic (exact) mass is 289 g/mol. The van der Waals surface area contributed by atoms with Crippen LogP contribution in [0.2, 0.25) is 0 Å². The van der Waals surface area contributed by atoms with Gasteiger partial charge in [-0.15, -0.1) is 0 Å². The molecule has 6 nitrogen and oxygen atoms in total. The number of carbonyl (C=O) groups excluding carboxylic acids is 3. The minimum Gasteiger partial charge on any atom is -0.356 e. The zero-order valence-electron chi connectivity index (χ0n) is 11.9. The summed E-state index contributed by atoms with van der Waals surface area (Å²) >= 11 is 0. The van der Waals surface area contributed by atoms with Gasteiger partial charge in [0.2, 0.25) is 5.91 Å². The third-order valence-electron chi connectivity index (χ3n) is 3.49. The lowest BCUT2D eigenvalue weighted by molar-refractivity contribution is -0.122. The van der Waals surface area contributed by atoms with Gasteiger partial charge in [0.15, 0.2) is 0 Å². The molecule has 2 unspecified atom stereocenters. The highest BCUT2D eigenvalue weighted by molar-refractivity contribution is 6.04. The van der Waals surface area contributed by atoms with Crippen molar-refractivity contribution in [2.45, 2.75) is 31.7 Å². The van der Waals surface area contributed by atoms with Gasteiger partial charge in [0.1, 0.15) is 6.04 Å². The second-order valence-electron chi connectivity index (χ2n) is 5.17. The summed E-state index contributed by atoms with van der Waals surface area (Å²) in [6, 6.07) is 8.84. The summed E-state index contributed by atoms with van der Waals surface area (Å²) in [5, 5.41) is 7.46. The molecule has 21 heavy (non-hydrogen) atoms. The van der Waals surface area contributed by atoms with Crippen molar-refractivity contribution < 1.29 is 14.4 Å². The molecule has 112 valence electrons. The number of hydrogen-bond donors (Lipinski definition) is 3. The maximum atomic E-state index is 11.8. The first-order chi connectivity index (χ1) is 10.1. The summed E-state index contributed by atoms with van der Waals surface area (Å²) in [5.41, 5.74) is 1.17. The number of imide groups is 1. The molecule has 1 aromatic carbocycles. The van der Waals surface area contributed by atoms with Crippen molar-refractivity contribution in [2.24, 2.45) is 0 Å². The maximum absolute atomic E-state index is 11.8. The number of amides is 4. The Bertz CT molecular complexity index is 530. The Labute approximate surface area is 123 Å². The van der Waals surface area contributed by atoms with Crippen LogP contribution in [-0.4, -0.2) is 30.4 Å². The third-order valence-corrected chi connectivity index (χ3v) is 3.49. The molecule has 0 saturated carbocycles. The van der Waals surface area contributed by atoms with Crippen LogP contribution in [0.15, 0.2) is 30.3 Å². The number of benzene rings is 1. The molecular weight excluding hydrogens is 270 g/mol. The molecular formula is C15H19N3O3. The van der Waals surface area contributed by atoms with Gasteiger partial charge in [0, 0.05) is 13.0 Å². The van der Waals surface area contributed by atoms with E-state index in [1.165, 1.54) is 5.56 Å². The molecule has 0 radical (unpaired) electrons. The molecule has 0 aliphatic carbocycles. The van der Waals surface area contributed by atoms with Gasteiger partial charge >= 0.3 is 6.03 Å². The number of rotatable bonds is 6. The minimum atomic E-state index is -0.602. The Kier molecular flexibility index (Phi) is 4.92. The lowest BCUT2D eigenvalue weighted by atomic mass is 10.0. The van der Waals surface area contributed by atoms with Crippen molar-refractivity contribution in [3.05, 3.63) is 35.9 Å². The van der Waals surface area contributed by atoms with Crippen molar-refractivity contribution in [2.75, 3.05) is 6.54 Å². The van der Waals surface area contributed by atoms with Crippen LogP contribution in [0.4, 0.5) is 4.79 Å². The van der Waals surface area contributed by atoms with Crippen LogP contribution in [0.1, 0.15) is 31.2 Å². The average Bonchev–Trinajstić information content (AvgIpc) is 2.81. The summed E-state index contributed by atoms with van der Waals surface area (Å²) in [5.74, 6) is -0.262. The Hall–Kier alpha value is -2.37. The van der Waals surface area contributed by atoms with Gasteiger partial charge in [-0.2, -0.15) is 0 Å². The van der Waals surface area contributed by atoms with Gasteiger partial charge in [0.05, 0.1) is 0 Å². The average molecular weight is 289 g/mol. The molecule has 3 N–H and O–H groups in total. The van der Waals surface area contributed by atoms with Gasteiger partial charge in [0.25, 0.3) is 5.91 Å². The summed E-state index contributed by atoms with van der Waals surface area (Å²) in [6.07, 6.45) is 0.517. The van der Waals surface area contributed by atoms with E-state index in [4.69, 9.17) is 0 Å². The number of hydrogen-bond acceptors (Lipinski definition) is 3. The van der Waals surface area contributed by atoms with Gasteiger partial charge in [-0.1, -0.05) is 37.3 Å². The Morgan fingerprint density at radius 1 is 1.29 bits per heavy atom. The summed E-state index contributed by atoms with van der Waals surface area (Å²) < 4.78 is 0. The van der Waals surface area contributed by atoms with E-state index in [0.717, 1.165) is 0 Å². The zero-order valence-corrected chi connectivity index (χ0v) is 11.9. The third kappa shape index (κ3) is 4.30. The summed E-state index contributed by atoms with van der Waals surface area (Å²) in [6.45, 7) is 2.59. The lowest BCUT2D eigenvalue weighted by Gasteiger charge is -2.13. The van der Waals surface area contributed by atoms with E-state index in [1.54, 1.807) is 0 Å². The van der Waals surface area contributed by atoms with E-state index in [0.29, 0.717) is 13.0 Å². The molecule has 1 aliphatic rings. The lowest BCUT2D eigenvalue weighted by Crippen LogP contribution is -2.32. The molecule has 2 rings (SSSR count). The molecule has 1 saturated heterocycles. The molecule has 1 aromatic rings. The van der Waals surface area contributed by atoms with Crippen molar-refractivity contribution >= 4 is 17.8 Å². The van der Waals surface area contributed by atoms with Crippen LogP contribution in [0.25, 0.3) is 0 Å². The first kappa shape index (κ1) is 15.0. The van der Waals surface area contributed by atoms with Crippen molar-refractivity contribution in [1.29, 1.82) is 0 Å². The van der Waals surface area contributed by atoms with E-state index in [-0.39, 0.29) is 24.2 Å². The molecule has 0 bridgehead atoms. The number of carbonyl (C=O) groups is 3. The summed E-state index contributed by atoms with van der Waals surface area (Å²) in [4.78, 5) is 34.0. The number of urea groups is 1. The predicted octanol–water partition coefficient (Wildman–Crippen LogP) is 0.894. The van der Waals surface area contributed by atoms with Gasteiger partial charge in [-0.3, -0.25) is 14.9 Å². The standard InChI is InChI=1S/C15H19N3O3/c1-10(11-5-3-2-4-6-11)9-16-13(19)8-7-12-14(20)18-15(21)17-12/h2-6,10,12H,7-9H2,1H3,(H,16,19)(H2,17,18,20,21). The van der Waals surface area contributed by atoms with Crippen LogP contribution in [0, 0.1) is 0 Å². The zero-order chi connectivity index (χ0) is 15.2. The Balaban J connectivity index is 1.70. The van der Waals surface area contributed by atoms with E-state index in [9.17, 15) is 14.4 Å². The van der Waals surface area contributed by atoms with Crippen LogP contribution in [0.3, 0.4) is 0 Å². The van der Waals surface area contributed by atoms with Crippen LogP contribution < -0.4 is 16.0 Å². The second-order valence-corrected chi connectivity index (χ2v) is 5.17. The largest absolute Gasteiger partial charge is 0.356 e. The number of nitrogens with one attached hydrogen (secondary N) is 3. The molecule has 0 spiro atoms. The highest BCUT2D eigenvalue weighted by Crippen LogP contribution is 2.13. The van der Waals surface area contributed by atoms with Gasteiger partial charge in [-0.25, -0.2) is 4.79 Å². The SMILES string of the molecule is CC(CNC(=O)CCC1NC(=O)NC1=O)c1ccccc1. The molecule has 1 heterocycles. The Morgan fingerprint density at radius 3 is 2.62 bits per heavy atom. The first-order valence-electron chi connectivity index (χ1n) is 6.99.